The van der Waals surface area contributed by atoms with E-state index in [4.69, 9.17) is 38.3 Å². The highest BCUT2D eigenvalue weighted by molar-refractivity contribution is 5.91. The molecule has 2 N–H and O–H groups in total. The van der Waals surface area contributed by atoms with Gasteiger partial charge in [0.15, 0.2) is 17.3 Å². The molecule has 0 aliphatic carbocycles. The van der Waals surface area contributed by atoms with E-state index in [2.05, 4.69) is 5.32 Å². The maximum Gasteiger partial charge on any atom is 0.286 e. The number of fused-ring (bicyclic) bond motifs is 1. The molecule has 1 aromatic carbocycles. The third-order valence-electron chi connectivity index (χ3n) is 5.52. The van der Waals surface area contributed by atoms with Gasteiger partial charge in [-0.05, 0) is 37.1 Å². The van der Waals surface area contributed by atoms with Gasteiger partial charge in [0.05, 0.1) is 33.0 Å². The van der Waals surface area contributed by atoms with Crippen molar-refractivity contribution in [3.8, 4) is 11.5 Å². The first kappa shape index (κ1) is 26.2. The van der Waals surface area contributed by atoms with Gasteiger partial charge in [-0.25, -0.2) is 0 Å². The van der Waals surface area contributed by atoms with Crippen LogP contribution < -0.4 is 14.8 Å². The van der Waals surface area contributed by atoms with Crippen LogP contribution in [0.25, 0.3) is 0 Å². The summed E-state index contributed by atoms with van der Waals surface area (Å²) < 4.78 is 38.9. The molecule has 0 aromatic heterocycles. The number of allylic oxidation sites excluding steroid dienone is 1. The number of hydrogen-bond donors (Lipinski definition) is 2. The number of ether oxygens (including phenoxy) is 7. The third kappa shape index (κ3) is 7.31. The summed E-state index contributed by atoms with van der Waals surface area (Å²) in [4.78, 5) is 12.8. The average Bonchev–Trinajstić information content (AvgIpc) is 3.32. The van der Waals surface area contributed by atoms with Gasteiger partial charge in [0.2, 0.25) is 13.1 Å². The highest BCUT2D eigenvalue weighted by Crippen LogP contribution is 2.42. The van der Waals surface area contributed by atoms with Crippen molar-refractivity contribution in [1.82, 2.24) is 5.32 Å². The lowest BCUT2D eigenvalue weighted by molar-refractivity contribution is -0.168. The number of carbonyl (C=O) groups excluding carboxylic acids is 1. The summed E-state index contributed by atoms with van der Waals surface area (Å²) in [6.07, 6.45) is 1.85. The van der Waals surface area contributed by atoms with Crippen LogP contribution in [0.15, 0.2) is 30.0 Å². The second-order valence-corrected chi connectivity index (χ2v) is 7.76. The van der Waals surface area contributed by atoms with E-state index in [-0.39, 0.29) is 36.9 Å². The van der Waals surface area contributed by atoms with Crippen LogP contribution >= 0.6 is 0 Å². The van der Waals surface area contributed by atoms with E-state index in [1.165, 1.54) is 0 Å². The van der Waals surface area contributed by atoms with Gasteiger partial charge in [-0.1, -0.05) is 6.07 Å². The van der Waals surface area contributed by atoms with Crippen LogP contribution in [0.3, 0.4) is 0 Å². The molecule has 3 rings (SSSR count). The molecule has 3 atom stereocenters. The van der Waals surface area contributed by atoms with Gasteiger partial charge in [-0.3, -0.25) is 4.79 Å². The van der Waals surface area contributed by atoms with Crippen LogP contribution in [0.5, 0.6) is 11.5 Å². The summed E-state index contributed by atoms with van der Waals surface area (Å²) in [7, 11) is 1.58. The maximum atomic E-state index is 12.8. The lowest BCUT2D eigenvalue weighted by atomic mass is 9.81. The summed E-state index contributed by atoms with van der Waals surface area (Å²) in [6, 6.07) is 5.79. The number of amides is 1. The van der Waals surface area contributed by atoms with Gasteiger partial charge in [0.25, 0.3) is 5.91 Å². The van der Waals surface area contributed by atoms with Crippen LogP contribution in [0.4, 0.5) is 0 Å². The average molecular weight is 482 g/mol. The summed E-state index contributed by atoms with van der Waals surface area (Å²) in [5.41, 5.74) is 0.968. The molecule has 0 saturated carbocycles. The Morgan fingerprint density at radius 1 is 1.12 bits per heavy atom. The topological polar surface area (TPSA) is 114 Å². The van der Waals surface area contributed by atoms with Crippen LogP contribution in [-0.4, -0.2) is 84.0 Å². The second kappa shape index (κ2) is 14.1. The molecule has 10 nitrogen and oxygen atoms in total. The first-order chi connectivity index (χ1) is 16.7. The molecule has 2 aliphatic rings. The lowest BCUT2D eigenvalue weighted by Gasteiger charge is -2.37. The Morgan fingerprint density at radius 3 is 2.68 bits per heavy atom. The third-order valence-corrected chi connectivity index (χ3v) is 5.52. The molecule has 34 heavy (non-hydrogen) atoms. The zero-order valence-corrected chi connectivity index (χ0v) is 19.8. The van der Waals surface area contributed by atoms with Crippen molar-refractivity contribution in [3.05, 3.63) is 35.6 Å². The molecule has 0 spiro atoms. The van der Waals surface area contributed by atoms with Gasteiger partial charge >= 0.3 is 0 Å². The largest absolute Gasteiger partial charge is 0.459 e. The fourth-order valence-corrected chi connectivity index (χ4v) is 3.90. The molecule has 1 amide bonds. The first-order valence-corrected chi connectivity index (χ1v) is 11.6. The maximum absolute atomic E-state index is 12.8. The molecular formula is C24H35NO9. The summed E-state index contributed by atoms with van der Waals surface area (Å²) in [5, 5.41) is 11.6. The number of benzene rings is 1. The Labute approximate surface area is 200 Å². The molecule has 0 bridgehead atoms. The van der Waals surface area contributed by atoms with Crippen molar-refractivity contribution >= 4 is 5.91 Å². The van der Waals surface area contributed by atoms with Crippen molar-refractivity contribution in [2.45, 2.75) is 25.6 Å². The normalized spacial score (nSPS) is 21.1. The van der Waals surface area contributed by atoms with E-state index >= 15 is 0 Å². The molecule has 0 unspecified atom stereocenters. The van der Waals surface area contributed by atoms with E-state index in [0.717, 1.165) is 5.56 Å². The summed E-state index contributed by atoms with van der Waals surface area (Å²) in [5.74, 6) is 0.996. The molecule has 190 valence electrons. The molecule has 2 aliphatic heterocycles. The molecule has 0 saturated heterocycles. The van der Waals surface area contributed by atoms with Crippen molar-refractivity contribution < 1.29 is 43.1 Å². The van der Waals surface area contributed by atoms with Gasteiger partial charge in [-0.15, -0.1) is 0 Å². The number of rotatable bonds is 15. The smallest absolute Gasteiger partial charge is 0.286 e. The Morgan fingerprint density at radius 2 is 1.91 bits per heavy atom. The van der Waals surface area contributed by atoms with E-state index in [1.807, 2.05) is 31.2 Å². The first-order valence-electron chi connectivity index (χ1n) is 11.6. The van der Waals surface area contributed by atoms with Crippen molar-refractivity contribution in [2.24, 2.45) is 5.92 Å². The number of nitrogens with one attached hydrogen (secondary N) is 1. The molecule has 0 fully saturated rings. The van der Waals surface area contributed by atoms with Crippen LogP contribution in [0, 0.1) is 5.92 Å². The number of aliphatic hydroxyl groups is 1. The van der Waals surface area contributed by atoms with E-state index in [9.17, 15) is 4.79 Å². The van der Waals surface area contributed by atoms with Crippen molar-refractivity contribution in [3.63, 3.8) is 0 Å². The van der Waals surface area contributed by atoms with Gasteiger partial charge in [0.1, 0.15) is 0 Å². The molecule has 0 radical (unpaired) electrons. The monoisotopic (exact) mass is 481 g/mol. The zero-order chi connectivity index (χ0) is 24.2. The molecule has 2 heterocycles. The Bertz CT molecular complexity index is 801. The van der Waals surface area contributed by atoms with E-state index in [1.54, 1.807) is 7.11 Å². The van der Waals surface area contributed by atoms with Crippen LogP contribution in [0.2, 0.25) is 0 Å². The van der Waals surface area contributed by atoms with E-state index < -0.39 is 6.29 Å². The molecule has 10 heteroatoms. The number of aliphatic hydroxyl groups excluding tert-OH is 1. The number of carbonyl (C=O) groups is 1. The minimum atomic E-state index is -0.622. The standard InChI is InChI=1S/C24H35NO9/c1-3-31-24-18(6-9-29-12-13-30-11-8-26)19(15-22(34-24)23(27)25-7-10-28-2)17-4-5-20-21(14-17)33-16-32-20/h4-5,14-15,18-19,24,26H,3,6-13,16H2,1-2H3,(H,25,27)/t18-,19-,24-/m1/s1. The lowest BCUT2D eigenvalue weighted by Crippen LogP contribution is -2.40. The zero-order valence-electron chi connectivity index (χ0n) is 19.8. The molecule has 1 aromatic rings. The number of hydrogen-bond acceptors (Lipinski definition) is 9. The predicted octanol–water partition coefficient (Wildman–Crippen LogP) is 1.57. The van der Waals surface area contributed by atoms with E-state index in [0.29, 0.717) is 64.1 Å². The summed E-state index contributed by atoms with van der Waals surface area (Å²) >= 11 is 0. The van der Waals surface area contributed by atoms with Gasteiger partial charge in [-0.2, -0.15) is 0 Å². The van der Waals surface area contributed by atoms with Gasteiger partial charge < -0.3 is 43.6 Å². The Hall–Kier alpha value is -2.37. The predicted molar refractivity (Wildman–Crippen MR) is 122 cm³/mol. The second-order valence-electron chi connectivity index (χ2n) is 7.76. The van der Waals surface area contributed by atoms with Crippen LogP contribution in [0.1, 0.15) is 24.8 Å². The SMILES string of the molecule is CCO[C@@H]1OC(C(=O)NCCOC)=C[C@H](c2ccc3c(c2)OCO3)[C@H]1CCOCCOCCO. The summed E-state index contributed by atoms with van der Waals surface area (Å²) in [6.45, 7) is 4.86. The minimum Gasteiger partial charge on any atom is -0.459 e. The fourth-order valence-electron chi connectivity index (χ4n) is 3.90. The Balaban J connectivity index is 1.77. The van der Waals surface area contributed by atoms with Crippen molar-refractivity contribution in [2.75, 3.05) is 66.7 Å². The highest BCUT2D eigenvalue weighted by Gasteiger charge is 2.38. The van der Waals surface area contributed by atoms with Crippen LogP contribution in [-0.2, 0) is 28.5 Å². The molecular weight excluding hydrogens is 446 g/mol. The van der Waals surface area contributed by atoms with Gasteiger partial charge in [0, 0.05) is 38.7 Å². The minimum absolute atomic E-state index is 0.0135. The quantitative estimate of drug-likeness (QED) is 0.360. The fraction of sp³-hybridized carbons (Fsp3) is 0.625. The number of methoxy groups -OCH3 is 1. The highest BCUT2D eigenvalue weighted by atomic mass is 16.7. The van der Waals surface area contributed by atoms with Crippen molar-refractivity contribution in [1.29, 1.82) is 0 Å². The Kier molecular flexibility index (Phi) is 10.9.